The third-order valence-corrected chi connectivity index (χ3v) is 6.58. The van der Waals surface area contributed by atoms with Gasteiger partial charge in [-0.15, -0.1) is 0 Å². The molecule has 154 valence electrons. The third-order valence-electron chi connectivity index (χ3n) is 4.02. The number of hydrogen-bond donors (Lipinski definition) is 2. The van der Waals surface area contributed by atoms with Crippen molar-refractivity contribution in [3.05, 3.63) is 73.5 Å². The summed E-state index contributed by atoms with van der Waals surface area (Å²) in [6, 6.07) is 14.4. The van der Waals surface area contributed by atoms with Crippen LogP contribution in [-0.4, -0.2) is 33.5 Å². The molecule has 0 atom stereocenters. The van der Waals surface area contributed by atoms with Crippen LogP contribution in [0.25, 0.3) is 6.08 Å². The van der Waals surface area contributed by atoms with Crippen molar-refractivity contribution in [2.45, 2.75) is 6.42 Å². The van der Waals surface area contributed by atoms with Gasteiger partial charge in [0.25, 0.3) is 11.8 Å². The number of nitrogens with one attached hydrogen (secondary N) is 2. The smallest absolute Gasteiger partial charge is 0.270 e. The van der Waals surface area contributed by atoms with Crippen molar-refractivity contribution in [2.24, 2.45) is 0 Å². The molecule has 2 aromatic rings. The Morgan fingerprint density at radius 3 is 2.60 bits per heavy atom. The van der Waals surface area contributed by atoms with Gasteiger partial charge in [-0.1, -0.05) is 64.2 Å². The Morgan fingerprint density at radius 1 is 1.10 bits per heavy atom. The number of rotatable bonds is 5. The predicted octanol–water partition coefficient (Wildman–Crippen LogP) is 4.26. The standard InChI is InChI=1S/C20H15Br2N3O3S2/c21-13-5-3-4-12(10-13)11-16-19(28)25(20(29)30-16)9-8-17(26)23-24-18(27)14-6-1-2-7-15(14)22/h1-7,10-11H,8-9H2,(H,23,26)(H,24,27)/b16-11-. The van der Waals surface area contributed by atoms with Crippen molar-refractivity contribution in [1.82, 2.24) is 15.8 Å². The molecule has 1 fully saturated rings. The summed E-state index contributed by atoms with van der Waals surface area (Å²) in [4.78, 5) is 38.7. The molecule has 0 aromatic heterocycles. The van der Waals surface area contributed by atoms with Gasteiger partial charge in [0.05, 0.1) is 10.5 Å². The SMILES string of the molecule is O=C(CCN1C(=O)/C(=C/c2cccc(Br)c2)SC1=S)NNC(=O)c1ccccc1Br. The number of halogens is 2. The molecule has 0 bridgehead atoms. The van der Waals surface area contributed by atoms with Gasteiger partial charge in [-0.2, -0.15) is 0 Å². The van der Waals surface area contributed by atoms with Gasteiger partial charge >= 0.3 is 0 Å². The zero-order valence-corrected chi connectivity index (χ0v) is 20.2. The second kappa shape index (κ2) is 10.3. The lowest BCUT2D eigenvalue weighted by atomic mass is 10.2. The van der Waals surface area contributed by atoms with Gasteiger partial charge in [-0.05, 0) is 51.8 Å². The zero-order chi connectivity index (χ0) is 21.7. The summed E-state index contributed by atoms with van der Waals surface area (Å²) in [6.45, 7) is 0.122. The Kier molecular flexibility index (Phi) is 7.81. The average molecular weight is 569 g/mol. The Bertz CT molecular complexity index is 1060. The fourth-order valence-corrected chi connectivity index (χ4v) is 4.75. The minimum absolute atomic E-state index is 0.00710. The highest BCUT2D eigenvalue weighted by Crippen LogP contribution is 2.32. The van der Waals surface area contributed by atoms with Crippen LogP contribution >= 0.6 is 55.8 Å². The maximum Gasteiger partial charge on any atom is 0.270 e. The number of thiocarbonyl (C=S) groups is 1. The monoisotopic (exact) mass is 567 g/mol. The van der Waals surface area contributed by atoms with Crippen molar-refractivity contribution >= 4 is 84.0 Å². The third kappa shape index (κ3) is 5.78. The van der Waals surface area contributed by atoms with Crippen molar-refractivity contribution < 1.29 is 14.4 Å². The van der Waals surface area contributed by atoms with Crippen molar-refractivity contribution in [3.8, 4) is 0 Å². The predicted molar refractivity (Wildman–Crippen MR) is 128 cm³/mol. The highest BCUT2D eigenvalue weighted by atomic mass is 79.9. The number of carbonyl (C=O) groups is 3. The number of hydrogen-bond acceptors (Lipinski definition) is 5. The molecule has 1 saturated heterocycles. The quantitative estimate of drug-likeness (QED) is 0.320. The first kappa shape index (κ1) is 22.7. The number of thioether (sulfide) groups is 1. The molecule has 1 heterocycles. The minimum atomic E-state index is -0.446. The maximum atomic E-state index is 12.6. The molecule has 3 amide bonds. The number of nitrogens with zero attached hydrogens (tertiary/aromatic N) is 1. The lowest BCUT2D eigenvalue weighted by Gasteiger charge is -2.14. The fourth-order valence-electron chi connectivity index (χ4n) is 2.56. The molecule has 0 unspecified atom stereocenters. The molecule has 1 aliphatic heterocycles. The molecule has 6 nitrogen and oxygen atoms in total. The summed E-state index contributed by atoms with van der Waals surface area (Å²) in [6.07, 6.45) is 1.76. The first-order chi connectivity index (χ1) is 14.3. The summed E-state index contributed by atoms with van der Waals surface area (Å²) in [5.41, 5.74) is 5.98. The molecule has 2 N–H and O–H groups in total. The highest BCUT2D eigenvalue weighted by molar-refractivity contribution is 9.10. The molecule has 3 rings (SSSR count). The van der Waals surface area contributed by atoms with Gasteiger partial charge < -0.3 is 0 Å². The van der Waals surface area contributed by atoms with Crippen molar-refractivity contribution in [1.29, 1.82) is 0 Å². The van der Waals surface area contributed by atoms with Crippen LogP contribution in [0.4, 0.5) is 0 Å². The van der Waals surface area contributed by atoms with E-state index in [0.29, 0.717) is 19.3 Å². The van der Waals surface area contributed by atoms with Crippen LogP contribution in [0.5, 0.6) is 0 Å². The van der Waals surface area contributed by atoms with Gasteiger partial charge in [-0.25, -0.2) is 0 Å². The van der Waals surface area contributed by atoms with Crippen LogP contribution in [0.1, 0.15) is 22.3 Å². The molecule has 2 aromatic carbocycles. The Labute approximate surface area is 199 Å². The van der Waals surface area contributed by atoms with Crippen molar-refractivity contribution in [3.63, 3.8) is 0 Å². The second-order valence-electron chi connectivity index (χ2n) is 6.12. The number of carbonyl (C=O) groups excluding carboxylic acids is 3. The first-order valence-electron chi connectivity index (χ1n) is 8.70. The van der Waals surface area contributed by atoms with Gasteiger partial charge in [0.15, 0.2) is 0 Å². The van der Waals surface area contributed by atoms with E-state index >= 15 is 0 Å². The summed E-state index contributed by atoms with van der Waals surface area (Å²) >= 11 is 13.2. The van der Waals surface area contributed by atoms with E-state index in [9.17, 15) is 14.4 Å². The average Bonchev–Trinajstić information content (AvgIpc) is 2.97. The largest absolute Gasteiger partial charge is 0.292 e. The van der Waals surface area contributed by atoms with E-state index in [1.807, 2.05) is 24.3 Å². The Morgan fingerprint density at radius 2 is 1.87 bits per heavy atom. The normalized spacial score (nSPS) is 14.9. The molecule has 0 aliphatic carbocycles. The molecule has 30 heavy (non-hydrogen) atoms. The summed E-state index contributed by atoms with van der Waals surface area (Å²) in [5, 5.41) is 0. The molecular formula is C20H15Br2N3O3S2. The van der Waals surface area contributed by atoms with E-state index < -0.39 is 11.8 Å². The summed E-state index contributed by atoms with van der Waals surface area (Å²) < 4.78 is 1.92. The van der Waals surface area contributed by atoms with Crippen LogP contribution in [0, 0.1) is 0 Å². The summed E-state index contributed by atoms with van der Waals surface area (Å²) in [7, 11) is 0. The maximum absolute atomic E-state index is 12.6. The van der Waals surface area contributed by atoms with Crippen molar-refractivity contribution in [2.75, 3.05) is 6.54 Å². The Balaban J connectivity index is 1.53. The topological polar surface area (TPSA) is 78.5 Å². The molecule has 0 spiro atoms. The van der Waals surface area contributed by atoms with E-state index in [-0.39, 0.29) is 18.9 Å². The van der Waals surface area contributed by atoms with Crippen LogP contribution in [0.15, 0.2) is 62.4 Å². The van der Waals surface area contributed by atoms with Gasteiger partial charge in [0, 0.05) is 21.9 Å². The van der Waals surface area contributed by atoms with Gasteiger partial charge in [0.1, 0.15) is 4.32 Å². The van der Waals surface area contributed by atoms with E-state index in [0.717, 1.165) is 10.0 Å². The summed E-state index contributed by atoms with van der Waals surface area (Å²) in [5.74, 6) is -1.12. The molecular weight excluding hydrogens is 554 g/mol. The molecule has 0 saturated carbocycles. The molecule has 10 heteroatoms. The van der Waals surface area contributed by atoms with Crippen LogP contribution in [-0.2, 0) is 9.59 Å². The first-order valence-corrected chi connectivity index (χ1v) is 11.5. The zero-order valence-electron chi connectivity index (χ0n) is 15.4. The van der Waals surface area contributed by atoms with Crippen LogP contribution in [0.3, 0.4) is 0 Å². The second-order valence-corrected chi connectivity index (χ2v) is 9.57. The molecule has 1 aliphatic rings. The van der Waals surface area contributed by atoms with E-state index in [1.54, 1.807) is 30.3 Å². The number of hydrazine groups is 1. The van der Waals surface area contributed by atoms with E-state index in [1.165, 1.54) is 16.7 Å². The number of benzene rings is 2. The Hall–Kier alpha value is -2.01. The minimum Gasteiger partial charge on any atom is -0.292 e. The van der Waals surface area contributed by atoms with E-state index in [2.05, 4.69) is 42.7 Å². The highest BCUT2D eigenvalue weighted by Gasteiger charge is 2.32. The van der Waals surface area contributed by atoms with Gasteiger partial charge in [-0.3, -0.25) is 30.1 Å². The lowest BCUT2D eigenvalue weighted by molar-refractivity contribution is -0.124. The number of amides is 3. The van der Waals surface area contributed by atoms with Crippen LogP contribution in [0.2, 0.25) is 0 Å². The van der Waals surface area contributed by atoms with Crippen LogP contribution < -0.4 is 10.9 Å². The molecule has 0 radical (unpaired) electrons. The fraction of sp³-hybridized carbons (Fsp3) is 0.100. The lowest BCUT2D eigenvalue weighted by Crippen LogP contribution is -2.43. The van der Waals surface area contributed by atoms with Gasteiger partial charge in [0.2, 0.25) is 5.91 Å². The van der Waals surface area contributed by atoms with E-state index in [4.69, 9.17) is 12.2 Å².